The van der Waals surface area contributed by atoms with Gasteiger partial charge >= 0.3 is 0 Å². The largest absolute Gasteiger partial charge is 0.367 e. The zero-order valence-electron chi connectivity index (χ0n) is 13.0. The lowest BCUT2D eigenvalue weighted by molar-refractivity contribution is 0.280. The first-order valence-electron chi connectivity index (χ1n) is 7.91. The van der Waals surface area contributed by atoms with Crippen molar-refractivity contribution in [3.8, 4) is 0 Å². The highest BCUT2D eigenvalue weighted by atomic mass is 32.1. The van der Waals surface area contributed by atoms with E-state index >= 15 is 0 Å². The van der Waals surface area contributed by atoms with Crippen LogP contribution in [0.4, 0.5) is 11.8 Å². The Morgan fingerprint density at radius 1 is 1.19 bits per heavy atom. The highest BCUT2D eigenvalue weighted by Gasteiger charge is 2.24. The summed E-state index contributed by atoms with van der Waals surface area (Å²) in [5.74, 6) is 3.30. The van der Waals surface area contributed by atoms with Gasteiger partial charge in [-0.3, -0.25) is 0 Å². The molecule has 2 aromatic rings. The molecule has 2 atom stereocenters. The SMILES string of the molecule is CCNc1nc(NC2CC(C)CC(C)C2)c2ccsc2n1. The van der Waals surface area contributed by atoms with Crippen molar-refractivity contribution in [1.82, 2.24) is 9.97 Å². The minimum absolute atomic E-state index is 0.524. The predicted octanol–water partition coefficient (Wildman–Crippen LogP) is 4.36. The lowest BCUT2D eigenvalue weighted by atomic mass is 9.80. The maximum absolute atomic E-state index is 4.68. The van der Waals surface area contributed by atoms with Crippen molar-refractivity contribution in [1.29, 1.82) is 0 Å². The van der Waals surface area contributed by atoms with E-state index in [4.69, 9.17) is 0 Å². The maximum atomic E-state index is 4.68. The van der Waals surface area contributed by atoms with Gasteiger partial charge in [0.25, 0.3) is 0 Å². The van der Waals surface area contributed by atoms with Gasteiger partial charge in [0, 0.05) is 12.6 Å². The zero-order valence-corrected chi connectivity index (χ0v) is 13.8. The molecule has 1 saturated carbocycles. The second kappa shape index (κ2) is 6.18. The number of aromatic nitrogens is 2. The summed E-state index contributed by atoms with van der Waals surface area (Å²) in [6, 6.07) is 2.64. The van der Waals surface area contributed by atoms with Crippen LogP contribution in [-0.4, -0.2) is 22.6 Å². The maximum Gasteiger partial charge on any atom is 0.226 e. The average molecular weight is 304 g/mol. The average Bonchev–Trinajstić information content (AvgIpc) is 2.86. The van der Waals surface area contributed by atoms with Crippen molar-refractivity contribution in [2.75, 3.05) is 17.2 Å². The van der Waals surface area contributed by atoms with Crippen LogP contribution in [0.1, 0.15) is 40.0 Å². The fourth-order valence-electron chi connectivity index (χ4n) is 3.46. The highest BCUT2D eigenvalue weighted by molar-refractivity contribution is 7.16. The van der Waals surface area contributed by atoms with E-state index < -0.39 is 0 Å². The molecule has 3 rings (SSSR count). The van der Waals surface area contributed by atoms with Gasteiger partial charge in [0.05, 0.1) is 5.39 Å². The normalized spacial score (nSPS) is 26.0. The van der Waals surface area contributed by atoms with Gasteiger partial charge in [-0.25, -0.2) is 4.98 Å². The van der Waals surface area contributed by atoms with Gasteiger partial charge in [0.15, 0.2) is 0 Å². The van der Waals surface area contributed by atoms with Gasteiger partial charge in [0.1, 0.15) is 10.6 Å². The Morgan fingerprint density at radius 3 is 2.67 bits per heavy atom. The summed E-state index contributed by atoms with van der Waals surface area (Å²) in [7, 11) is 0. The quantitative estimate of drug-likeness (QED) is 0.881. The van der Waals surface area contributed by atoms with E-state index in [1.54, 1.807) is 11.3 Å². The lowest BCUT2D eigenvalue weighted by Crippen LogP contribution is -2.30. The van der Waals surface area contributed by atoms with E-state index in [1.165, 1.54) is 19.3 Å². The Hall–Kier alpha value is -1.36. The van der Waals surface area contributed by atoms with Crippen LogP contribution >= 0.6 is 11.3 Å². The Kier molecular flexibility index (Phi) is 4.29. The predicted molar refractivity (Wildman–Crippen MR) is 91.2 cm³/mol. The summed E-state index contributed by atoms with van der Waals surface area (Å²) >= 11 is 1.67. The number of hydrogen-bond donors (Lipinski definition) is 2. The van der Waals surface area contributed by atoms with Gasteiger partial charge in [-0.05, 0) is 49.5 Å². The third-order valence-electron chi connectivity index (χ3n) is 4.18. The van der Waals surface area contributed by atoms with E-state index in [2.05, 4.69) is 52.8 Å². The number of anilines is 2. The molecule has 2 unspecified atom stereocenters. The summed E-state index contributed by atoms with van der Waals surface area (Å²) < 4.78 is 0. The molecular weight excluding hydrogens is 280 g/mol. The summed E-state index contributed by atoms with van der Waals surface area (Å²) in [5.41, 5.74) is 0. The minimum atomic E-state index is 0.524. The summed E-state index contributed by atoms with van der Waals surface area (Å²) in [5, 5.41) is 10.1. The van der Waals surface area contributed by atoms with Gasteiger partial charge in [-0.1, -0.05) is 13.8 Å². The number of hydrogen-bond acceptors (Lipinski definition) is 5. The second-order valence-electron chi connectivity index (χ2n) is 6.32. The van der Waals surface area contributed by atoms with Crippen molar-refractivity contribution < 1.29 is 0 Å². The first-order chi connectivity index (χ1) is 10.2. The van der Waals surface area contributed by atoms with Crippen molar-refractivity contribution in [3.63, 3.8) is 0 Å². The molecule has 2 N–H and O–H groups in total. The number of fused-ring (bicyclic) bond motifs is 1. The number of thiophene rings is 1. The molecule has 2 heterocycles. The van der Waals surface area contributed by atoms with Crippen molar-refractivity contribution in [3.05, 3.63) is 11.4 Å². The molecule has 0 spiro atoms. The van der Waals surface area contributed by atoms with Crippen LogP contribution in [0, 0.1) is 11.8 Å². The van der Waals surface area contributed by atoms with Crippen LogP contribution in [0.15, 0.2) is 11.4 Å². The Bertz CT molecular complexity index is 599. The molecule has 1 fully saturated rings. The third kappa shape index (κ3) is 3.28. The minimum Gasteiger partial charge on any atom is -0.367 e. The van der Waals surface area contributed by atoms with Crippen molar-refractivity contribution >= 4 is 33.3 Å². The fraction of sp³-hybridized carbons (Fsp3) is 0.625. The number of nitrogens with one attached hydrogen (secondary N) is 2. The highest BCUT2D eigenvalue weighted by Crippen LogP contribution is 2.33. The van der Waals surface area contributed by atoms with E-state index in [0.29, 0.717) is 6.04 Å². The van der Waals surface area contributed by atoms with Crippen molar-refractivity contribution in [2.45, 2.75) is 46.1 Å². The summed E-state index contributed by atoms with van der Waals surface area (Å²) in [6.45, 7) is 7.62. The second-order valence-corrected chi connectivity index (χ2v) is 7.22. The number of nitrogens with zero attached hydrogens (tertiary/aromatic N) is 2. The molecule has 0 aromatic carbocycles. The Morgan fingerprint density at radius 2 is 1.95 bits per heavy atom. The molecular formula is C16H24N4S. The standard InChI is InChI=1S/C16H24N4S/c1-4-17-16-19-14(13-5-6-21-15(13)20-16)18-12-8-10(2)7-11(3)9-12/h5-6,10-12H,4,7-9H2,1-3H3,(H2,17,18,19,20). The smallest absolute Gasteiger partial charge is 0.226 e. The van der Waals surface area contributed by atoms with Crippen LogP contribution in [-0.2, 0) is 0 Å². The Balaban J connectivity index is 1.86. The summed E-state index contributed by atoms with van der Waals surface area (Å²) in [4.78, 5) is 10.3. The molecule has 0 aliphatic heterocycles. The van der Waals surface area contributed by atoms with E-state index in [1.807, 2.05) is 0 Å². The molecule has 0 amide bonds. The van der Waals surface area contributed by atoms with Crippen LogP contribution in [0.5, 0.6) is 0 Å². The van der Waals surface area contributed by atoms with Crippen LogP contribution in [0.25, 0.3) is 10.2 Å². The van der Waals surface area contributed by atoms with Gasteiger partial charge in [-0.2, -0.15) is 4.98 Å². The molecule has 21 heavy (non-hydrogen) atoms. The zero-order chi connectivity index (χ0) is 14.8. The summed E-state index contributed by atoms with van der Waals surface area (Å²) in [6.07, 6.45) is 3.81. The van der Waals surface area contributed by atoms with Gasteiger partial charge in [0.2, 0.25) is 5.95 Å². The van der Waals surface area contributed by atoms with Gasteiger partial charge in [-0.15, -0.1) is 11.3 Å². The topological polar surface area (TPSA) is 49.8 Å². The lowest BCUT2D eigenvalue weighted by Gasteiger charge is -2.32. The van der Waals surface area contributed by atoms with Crippen molar-refractivity contribution in [2.24, 2.45) is 11.8 Å². The molecule has 4 nitrogen and oxygen atoms in total. The molecule has 1 aliphatic rings. The number of rotatable bonds is 4. The first-order valence-corrected chi connectivity index (χ1v) is 8.79. The Labute approximate surface area is 130 Å². The first kappa shape index (κ1) is 14.6. The fourth-order valence-corrected chi connectivity index (χ4v) is 4.22. The molecule has 2 aromatic heterocycles. The third-order valence-corrected chi connectivity index (χ3v) is 4.99. The molecule has 5 heteroatoms. The van der Waals surface area contributed by atoms with Crippen LogP contribution in [0.2, 0.25) is 0 Å². The van der Waals surface area contributed by atoms with Crippen LogP contribution in [0.3, 0.4) is 0 Å². The van der Waals surface area contributed by atoms with E-state index in [9.17, 15) is 0 Å². The van der Waals surface area contributed by atoms with Crippen LogP contribution < -0.4 is 10.6 Å². The molecule has 1 aliphatic carbocycles. The van der Waals surface area contributed by atoms with Gasteiger partial charge < -0.3 is 10.6 Å². The molecule has 0 bridgehead atoms. The van der Waals surface area contributed by atoms with E-state index in [-0.39, 0.29) is 0 Å². The molecule has 0 radical (unpaired) electrons. The van der Waals surface area contributed by atoms with E-state index in [0.717, 1.165) is 40.4 Å². The monoisotopic (exact) mass is 304 g/mol. The molecule has 0 saturated heterocycles. The molecule has 114 valence electrons.